The quantitative estimate of drug-likeness (QED) is 0.149. The van der Waals surface area contributed by atoms with Gasteiger partial charge in [-0.2, -0.15) is 0 Å². The van der Waals surface area contributed by atoms with Gasteiger partial charge in [-0.15, -0.1) is 0 Å². The lowest BCUT2D eigenvalue weighted by Crippen LogP contribution is -2.41. The van der Waals surface area contributed by atoms with Crippen LogP contribution >= 0.6 is 0 Å². The van der Waals surface area contributed by atoms with E-state index in [1.54, 1.807) is 0 Å². The molecule has 0 radical (unpaired) electrons. The molecular formula is C15H24N2O8. The lowest BCUT2D eigenvalue weighted by Gasteiger charge is -2.21. The first-order valence-corrected chi connectivity index (χ1v) is 7.82. The fourth-order valence-electron chi connectivity index (χ4n) is 1.87. The summed E-state index contributed by atoms with van der Waals surface area (Å²) >= 11 is 0. The molecule has 0 saturated heterocycles. The van der Waals surface area contributed by atoms with Gasteiger partial charge >= 0.3 is 5.97 Å². The molecule has 1 aliphatic rings. The number of carboxylic acid groups (broad SMARTS) is 1. The highest BCUT2D eigenvalue weighted by Crippen LogP contribution is 2.28. The third kappa shape index (κ3) is 7.50. The van der Waals surface area contributed by atoms with E-state index in [1.165, 1.54) is 13.8 Å². The minimum Gasteiger partial charge on any atom is -0.475 e. The lowest BCUT2D eigenvalue weighted by atomic mass is 10.1. The van der Waals surface area contributed by atoms with Crippen LogP contribution in [-0.2, 0) is 19.1 Å². The minimum absolute atomic E-state index is 0.0786. The van der Waals surface area contributed by atoms with Gasteiger partial charge in [0.1, 0.15) is 6.10 Å². The molecule has 0 heterocycles. The summed E-state index contributed by atoms with van der Waals surface area (Å²) in [5, 5.41) is 43.1. The predicted molar refractivity (Wildman–Crippen MR) is 83.8 cm³/mol. The zero-order valence-corrected chi connectivity index (χ0v) is 14.0. The van der Waals surface area contributed by atoms with Crippen LogP contribution < -0.4 is 10.6 Å². The van der Waals surface area contributed by atoms with Crippen LogP contribution in [0.2, 0.25) is 0 Å². The van der Waals surface area contributed by atoms with Crippen molar-refractivity contribution in [2.45, 2.75) is 51.2 Å². The Kier molecular flexibility index (Phi) is 7.81. The summed E-state index contributed by atoms with van der Waals surface area (Å²) in [7, 11) is 0. The number of carboxylic acids is 1. The maximum Gasteiger partial charge on any atom is 0.371 e. The fourth-order valence-corrected chi connectivity index (χ4v) is 1.87. The molecule has 10 nitrogen and oxygen atoms in total. The fraction of sp³-hybridized carbons (Fsp3) is 0.667. The second-order valence-electron chi connectivity index (χ2n) is 5.91. The van der Waals surface area contributed by atoms with Gasteiger partial charge < -0.3 is 35.8 Å². The van der Waals surface area contributed by atoms with E-state index >= 15 is 0 Å². The van der Waals surface area contributed by atoms with Gasteiger partial charge in [0.25, 0.3) is 0 Å². The molecule has 2 amide bonds. The van der Waals surface area contributed by atoms with Crippen LogP contribution in [0.25, 0.3) is 0 Å². The van der Waals surface area contributed by atoms with E-state index in [0.29, 0.717) is 0 Å². The predicted octanol–water partition coefficient (Wildman–Crippen LogP) is -1.94. The Balaban J connectivity index is 2.59. The Morgan fingerprint density at radius 1 is 1.24 bits per heavy atom. The first-order valence-electron chi connectivity index (χ1n) is 7.82. The summed E-state index contributed by atoms with van der Waals surface area (Å²) in [6, 6.07) is -0.796. The van der Waals surface area contributed by atoms with Crippen molar-refractivity contribution in [1.29, 1.82) is 0 Å². The van der Waals surface area contributed by atoms with Crippen molar-refractivity contribution in [2.75, 3.05) is 6.54 Å². The number of hydrogen-bond donors (Lipinski definition) is 6. The molecule has 25 heavy (non-hydrogen) atoms. The zero-order valence-electron chi connectivity index (χ0n) is 14.0. The van der Waals surface area contributed by atoms with Gasteiger partial charge in [0, 0.05) is 19.4 Å². The van der Waals surface area contributed by atoms with E-state index in [4.69, 9.17) is 9.84 Å². The smallest absolute Gasteiger partial charge is 0.371 e. The third-order valence-electron chi connectivity index (χ3n) is 3.49. The topological polar surface area (TPSA) is 165 Å². The molecule has 1 unspecified atom stereocenters. The Morgan fingerprint density at radius 2 is 1.84 bits per heavy atom. The van der Waals surface area contributed by atoms with Crippen molar-refractivity contribution in [3.8, 4) is 0 Å². The average Bonchev–Trinajstić information content (AvgIpc) is 3.35. The molecule has 0 aromatic heterocycles. The number of hydrogen-bond acceptors (Lipinski definition) is 7. The van der Waals surface area contributed by atoms with Crippen LogP contribution in [0.5, 0.6) is 0 Å². The molecule has 1 aliphatic carbocycles. The van der Waals surface area contributed by atoms with Crippen LogP contribution in [-0.4, -0.2) is 69.3 Å². The molecule has 0 aromatic carbocycles. The second kappa shape index (κ2) is 9.35. The standard InChI is InChI=1S/C15H24N2O8/c1-7(17-8(2)18)10(19)5-12(14(22)23)25-15(24)11(20)6-16-13(21)9-3-4-9/h5,7,9-11,15,19-20,24H,3-4,6H2,1-2H3,(H,16,21)(H,17,18)(H,22,23)/b12-5-/t7-,10?,11+,15-/m0/s1. The number of aliphatic carboxylic acids is 1. The van der Waals surface area contributed by atoms with Crippen LogP contribution in [0.1, 0.15) is 26.7 Å². The van der Waals surface area contributed by atoms with Crippen molar-refractivity contribution in [3.05, 3.63) is 11.8 Å². The van der Waals surface area contributed by atoms with Gasteiger partial charge in [0.15, 0.2) is 0 Å². The molecule has 1 saturated carbocycles. The largest absolute Gasteiger partial charge is 0.475 e. The molecular weight excluding hydrogens is 336 g/mol. The number of rotatable bonds is 10. The third-order valence-corrected chi connectivity index (χ3v) is 3.49. The molecule has 1 rings (SSSR count). The average molecular weight is 360 g/mol. The van der Waals surface area contributed by atoms with Crippen LogP contribution in [0, 0.1) is 5.92 Å². The monoisotopic (exact) mass is 360 g/mol. The van der Waals surface area contributed by atoms with Gasteiger partial charge in [0.2, 0.25) is 23.9 Å². The molecule has 6 N–H and O–H groups in total. The van der Waals surface area contributed by atoms with Crippen LogP contribution in [0.4, 0.5) is 0 Å². The van der Waals surface area contributed by atoms with E-state index in [2.05, 4.69) is 10.6 Å². The van der Waals surface area contributed by atoms with E-state index in [9.17, 15) is 29.7 Å². The summed E-state index contributed by atoms with van der Waals surface area (Å²) in [6.07, 6.45) is -2.54. The van der Waals surface area contributed by atoms with E-state index in [0.717, 1.165) is 18.9 Å². The summed E-state index contributed by atoms with van der Waals surface area (Å²) < 4.78 is 4.75. The van der Waals surface area contributed by atoms with Crippen molar-refractivity contribution in [3.63, 3.8) is 0 Å². The summed E-state index contributed by atoms with van der Waals surface area (Å²) in [5.74, 6) is -3.13. The summed E-state index contributed by atoms with van der Waals surface area (Å²) in [6.45, 7) is 2.37. The Morgan fingerprint density at radius 3 is 2.32 bits per heavy atom. The molecule has 0 aliphatic heterocycles. The Hall–Kier alpha value is -2.17. The van der Waals surface area contributed by atoms with Crippen LogP contribution in [0.3, 0.4) is 0 Å². The number of carbonyl (C=O) groups is 3. The summed E-state index contributed by atoms with van der Waals surface area (Å²) in [5.41, 5.74) is 0. The number of nitrogens with one attached hydrogen (secondary N) is 2. The van der Waals surface area contributed by atoms with Crippen molar-refractivity contribution in [2.24, 2.45) is 5.92 Å². The highest BCUT2D eigenvalue weighted by molar-refractivity contribution is 5.84. The van der Waals surface area contributed by atoms with Gasteiger partial charge in [-0.3, -0.25) is 9.59 Å². The lowest BCUT2D eigenvalue weighted by molar-refractivity contribution is -0.159. The molecule has 142 valence electrons. The van der Waals surface area contributed by atoms with Crippen molar-refractivity contribution < 1.29 is 39.5 Å². The van der Waals surface area contributed by atoms with Gasteiger partial charge in [-0.05, 0) is 25.8 Å². The molecule has 0 aromatic rings. The van der Waals surface area contributed by atoms with Crippen molar-refractivity contribution in [1.82, 2.24) is 10.6 Å². The van der Waals surface area contributed by atoms with Gasteiger partial charge in [0.05, 0.1) is 12.1 Å². The van der Waals surface area contributed by atoms with Crippen molar-refractivity contribution >= 4 is 17.8 Å². The number of carbonyl (C=O) groups excluding carboxylic acids is 2. The normalized spacial score (nSPS) is 19.3. The Labute approximate surface area is 144 Å². The maximum atomic E-state index is 11.5. The molecule has 10 heteroatoms. The summed E-state index contributed by atoms with van der Waals surface area (Å²) in [4.78, 5) is 33.5. The first-order chi connectivity index (χ1) is 11.6. The van der Waals surface area contributed by atoms with Crippen LogP contribution in [0.15, 0.2) is 11.8 Å². The molecule has 4 atom stereocenters. The number of aliphatic hydroxyl groups excluding tert-OH is 3. The van der Waals surface area contributed by atoms with Gasteiger partial charge in [-0.1, -0.05) is 0 Å². The SMILES string of the molecule is CC(=O)N[C@@H](C)C(O)/C=C(\O[C@H](O)[C@H](O)CNC(=O)C1CC1)C(=O)O. The number of ether oxygens (including phenoxy) is 1. The van der Waals surface area contributed by atoms with E-state index < -0.39 is 42.2 Å². The van der Waals surface area contributed by atoms with E-state index in [-0.39, 0.29) is 18.4 Å². The molecule has 0 spiro atoms. The number of amides is 2. The minimum atomic E-state index is -1.93. The number of aliphatic hydroxyl groups is 3. The van der Waals surface area contributed by atoms with E-state index in [1.807, 2.05) is 0 Å². The second-order valence-corrected chi connectivity index (χ2v) is 5.91. The van der Waals surface area contributed by atoms with Gasteiger partial charge in [-0.25, -0.2) is 4.79 Å². The Bertz CT molecular complexity index is 532. The first kappa shape index (κ1) is 20.9. The molecule has 0 bridgehead atoms. The highest BCUT2D eigenvalue weighted by atomic mass is 16.6. The maximum absolute atomic E-state index is 11.5. The highest BCUT2D eigenvalue weighted by Gasteiger charge is 2.31. The molecule has 1 fully saturated rings. The zero-order chi connectivity index (χ0) is 19.1.